The zero-order valence-electron chi connectivity index (χ0n) is 13.7. The average Bonchev–Trinajstić information content (AvgIpc) is 2.59. The Kier molecular flexibility index (Phi) is 4.94. The molecule has 2 heterocycles. The summed E-state index contributed by atoms with van der Waals surface area (Å²) in [6.45, 7) is -1.10. The van der Waals surface area contributed by atoms with E-state index >= 15 is 0 Å². The highest BCUT2D eigenvalue weighted by Crippen LogP contribution is 2.35. The van der Waals surface area contributed by atoms with Gasteiger partial charge in [0.15, 0.2) is 0 Å². The van der Waals surface area contributed by atoms with Gasteiger partial charge in [-0.25, -0.2) is 4.98 Å². The van der Waals surface area contributed by atoms with Crippen molar-refractivity contribution in [1.82, 2.24) is 4.98 Å². The molecule has 0 unspecified atom stereocenters. The molecule has 1 aliphatic rings. The zero-order chi connectivity index (χ0) is 18.0. The van der Waals surface area contributed by atoms with Crippen LogP contribution >= 0.6 is 0 Å². The lowest BCUT2D eigenvalue weighted by Gasteiger charge is -2.27. The number of benzene rings is 1. The molecule has 0 saturated carbocycles. The lowest BCUT2D eigenvalue weighted by atomic mass is 9.94. The highest BCUT2D eigenvalue weighted by molar-refractivity contribution is 5.93. The molecule has 0 aliphatic carbocycles. The summed E-state index contributed by atoms with van der Waals surface area (Å²) in [4.78, 5) is 15.8. The molecule has 1 aromatic carbocycles. The van der Waals surface area contributed by atoms with E-state index in [1.807, 2.05) is 31.2 Å². The second-order valence-electron chi connectivity index (χ2n) is 5.94. The fourth-order valence-electron chi connectivity index (χ4n) is 2.82. The third-order valence-electron chi connectivity index (χ3n) is 4.10. The largest absolute Gasteiger partial charge is 0.472 e. The van der Waals surface area contributed by atoms with Crippen molar-refractivity contribution in [3.05, 3.63) is 47.2 Å². The number of aryl methyl sites for hydroxylation is 1. The minimum absolute atomic E-state index is 0.0738. The quantitative estimate of drug-likeness (QED) is 0.901. The van der Waals surface area contributed by atoms with Gasteiger partial charge in [-0.3, -0.25) is 4.79 Å². The number of primary amides is 1. The maximum atomic E-state index is 12.2. The smallest absolute Gasteiger partial charge is 0.345 e. The number of hydrogen-bond acceptors (Lipinski definition) is 4. The first kappa shape index (κ1) is 17.3. The standard InChI is InChI=1S/C18H18F2N2O3/c1-10-2-4-11(5-3-10)14-8-15(16(21)23)22-17-13(14)7-6-12(25-17)9-24-18(19)20/h2-5,8,12,18H,6-7,9H2,1H3,(H2,21,23)/t12-/m1/s1. The summed E-state index contributed by atoms with van der Waals surface area (Å²) in [5.41, 5.74) is 9.12. The molecule has 1 aliphatic heterocycles. The van der Waals surface area contributed by atoms with E-state index in [1.165, 1.54) is 0 Å². The van der Waals surface area contributed by atoms with Crippen LogP contribution in [-0.4, -0.2) is 30.2 Å². The Balaban J connectivity index is 1.97. The third-order valence-corrected chi connectivity index (χ3v) is 4.10. The number of amides is 1. The summed E-state index contributed by atoms with van der Waals surface area (Å²) in [6, 6.07) is 9.47. The van der Waals surface area contributed by atoms with E-state index in [0.29, 0.717) is 12.8 Å². The Morgan fingerprint density at radius 3 is 2.76 bits per heavy atom. The van der Waals surface area contributed by atoms with E-state index in [0.717, 1.165) is 22.3 Å². The number of alkyl halides is 2. The fourth-order valence-corrected chi connectivity index (χ4v) is 2.82. The Bertz CT molecular complexity index is 779. The van der Waals surface area contributed by atoms with Crippen LogP contribution < -0.4 is 10.5 Å². The van der Waals surface area contributed by atoms with E-state index in [4.69, 9.17) is 10.5 Å². The first-order chi connectivity index (χ1) is 11.9. The van der Waals surface area contributed by atoms with Crippen LogP contribution in [0, 0.1) is 6.92 Å². The summed E-state index contributed by atoms with van der Waals surface area (Å²) in [5, 5.41) is 0. The molecular formula is C18H18F2N2O3. The van der Waals surface area contributed by atoms with Crippen LogP contribution in [0.4, 0.5) is 8.78 Å². The highest BCUT2D eigenvalue weighted by atomic mass is 19.3. The molecule has 0 bridgehead atoms. The molecule has 0 radical (unpaired) electrons. The van der Waals surface area contributed by atoms with Gasteiger partial charge in [0.25, 0.3) is 5.91 Å². The van der Waals surface area contributed by atoms with E-state index in [2.05, 4.69) is 9.72 Å². The number of carbonyl (C=O) groups is 1. The van der Waals surface area contributed by atoms with Gasteiger partial charge in [-0.2, -0.15) is 8.78 Å². The monoisotopic (exact) mass is 348 g/mol. The minimum Gasteiger partial charge on any atom is -0.472 e. The number of nitrogens with two attached hydrogens (primary N) is 1. The lowest BCUT2D eigenvalue weighted by molar-refractivity contribution is -0.146. The van der Waals surface area contributed by atoms with E-state index in [1.54, 1.807) is 6.07 Å². The second kappa shape index (κ2) is 7.14. The van der Waals surface area contributed by atoms with Crippen LogP contribution in [0.3, 0.4) is 0 Å². The van der Waals surface area contributed by atoms with Crippen LogP contribution in [0.1, 0.15) is 28.0 Å². The molecule has 0 spiro atoms. The molecule has 5 nitrogen and oxygen atoms in total. The van der Waals surface area contributed by atoms with Gasteiger partial charge in [0.05, 0.1) is 6.61 Å². The van der Waals surface area contributed by atoms with E-state index in [-0.39, 0.29) is 18.2 Å². The van der Waals surface area contributed by atoms with Crippen molar-refractivity contribution in [2.75, 3.05) is 6.61 Å². The fraction of sp³-hybridized carbons (Fsp3) is 0.333. The molecule has 0 saturated heterocycles. The van der Waals surface area contributed by atoms with Crippen molar-refractivity contribution in [2.24, 2.45) is 5.73 Å². The van der Waals surface area contributed by atoms with Crippen LogP contribution in [0.15, 0.2) is 30.3 Å². The summed E-state index contributed by atoms with van der Waals surface area (Å²) < 4.78 is 34.4. The van der Waals surface area contributed by atoms with Crippen LogP contribution in [0.2, 0.25) is 0 Å². The number of halogens is 2. The van der Waals surface area contributed by atoms with Gasteiger partial charge in [0, 0.05) is 5.56 Å². The molecule has 0 fully saturated rings. The normalized spacial score (nSPS) is 16.4. The van der Waals surface area contributed by atoms with Crippen molar-refractivity contribution in [2.45, 2.75) is 32.5 Å². The van der Waals surface area contributed by atoms with Gasteiger partial charge in [0.1, 0.15) is 11.8 Å². The van der Waals surface area contributed by atoms with Gasteiger partial charge in [-0.1, -0.05) is 29.8 Å². The first-order valence-corrected chi connectivity index (χ1v) is 7.91. The lowest BCUT2D eigenvalue weighted by Crippen LogP contribution is -2.30. The summed E-state index contributed by atoms with van der Waals surface area (Å²) >= 11 is 0. The number of carbonyl (C=O) groups excluding carboxylic acids is 1. The molecule has 25 heavy (non-hydrogen) atoms. The van der Waals surface area contributed by atoms with Crippen LogP contribution in [0.5, 0.6) is 5.88 Å². The van der Waals surface area contributed by atoms with Gasteiger partial charge < -0.3 is 15.2 Å². The van der Waals surface area contributed by atoms with Gasteiger partial charge in [0.2, 0.25) is 5.88 Å². The predicted molar refractivity (Wildman–Crippen MR) is 87.6 cm³/mol. The zero-order valence-corrected chi connectivity index (χ0v) is 13.7. The molecule has 2 N–H and O–H groups in total. The Hall–Kier alpha value is -2.54. The maximum Gasteiger partial charge on any atom is 0.345 e. The Morgan fingerprint density at radius 2 is 2.12 bits per heavy atom. The molecular weight excluding hydrogens is 330 g/mol. The van der Waals surface area contributed by atoms with Crippen molar-refractivity contribution in [3.8, 4) is 17.0 Å². The van der Waals surface area contributed by atoms with Gasteiger partial charge >= 0.3 is 6.61 Å². The Labute approximate surface area is 143 Å². The molecule has 1 aromatic heterocycles. The van der Waals surface area contributed by atoms with Crippen molar-refractivity contribution in [3.63, 3.8) is 0 Å². The second-order valence-corrected chi connectivity index (χ2v) is 5.94. The number of ether oxygens (including phenoxy) is 2. The van der Waals surface area contributed by atoms with E-state index < -0.39 is 18.6 Å². The molecule has 3 rings (SSSR count). The van der Waals surface area contributed by atoms with Crippen LogP contribution in [-0.2, 0) is 11.2 Å². The van der Waals surface area contributed by atoms with Crippen LogP contribution in [0.25, 0.3) is 11.1 Å². The summed E-state index contributed by atoms with van der Waals surface area (Å²) in [5.74, 6) is -0.424. The first-order valence-electron chi connectivity index (χ1n) is 7.91. The van der Waals surface area contributed by atoms with E-state index in [9.17, 15) is 13.6 Å². The number of hydrogen-bond donors (Lipinski definition) is 1. The minimum atomic E-state index is -2.85. The molecule has 1 atom stereocenters. The maximum absolute atomic E-state index is 12.2. The number of pyridine rings is 1. The van der Waals surface area contributed by atoms with Gasteiger partial charge in [-0.05, 0) is 37.0 Å². The number of rotatable bonds is 5. The predicted octanol–water partition coefficient (Wildman–Crippen LogP) is 3.09. The van der Waals surface area contributed by atoms with Crippen molar-refractivity contribution < 1.29 is 23.0 Å². The molecule has 1 amide bonds. The third kappa shape index (κ3) is 3.93. The highest BCUT2D eigenvalue weighted by Gasteiger charge is 2.26. The van der Waals surface area contributed by atoms with Gasteiger partial charge in [-0.15, -0.1) is 0 Å². The SMILES string of the molecule is Cc1ccc(-c2cc(C(N)=O)nc3c2CC[C@H](COC(F)F)O3)cc1. The van der Waals surface area contributed by atoms with Crippen molar-refractivity contribution >= 4 is 5.91 Å². The summed E-state index contributed by atoms with van der Waals surface area (Å²) in [7, 11) is 0. The number of nitrogens with zero attached hydrogens (tertiary/aromatic N) is 1. The topological polar surface area (TPSA) is 74.4 Å². The molecule has 2 aromatic rings. The summed E-state index contributed by atoms with van der Waals surface area (Å²) in [6.07, 6.45) is 0.570. The average molecular weight is 348 g/mol. The molecule has 132 valence electrons. The number of fused-ring (bicyclic) bond motifs is 1. The molecule has 7 heteroatoms. The van der Waals surface area contributed by atoms with Crippen molar-refractivity contribution in [1.29, 1.82) is 0 Å². The number of aromatic nitrogens is 1. The Morgan fingerprint density at radius 1 is 1.40 bits per heavy atom.